The third kappa shape index (κ3) is 3.46. The minimum Gasteiger partial charge on any atom is -0.618 e. The Morgan fingerprint density at radius 1 is 1.09 bits per heavy atom. The van der Waals surface area contributed by atoms with Gasteiger partial charge < -0.3 is 10.5 Å². The number of nitrogens with zero attached hydrogens (tertiary/aromatic N) is 1. The van der Waals surface area contributed by atoms with Crippen molar-refractivity contribution in [1.29, 1.82) is 0 Å². The maximum absolute atomic E-state index is 12.4. The van der Waals surface area contributed by atoms with Crippen molar-refractivity contribution in [2.24, 2.45) is 0 Å². The Morgan fingerprint density at radius 2 is 1.83 bits per heavy atom. The summed E-state index contributed by atoms with van der Waals surface area (Å²) in [7, 11) is 0. The number of fused-ring (bicyclic) bond motifs is 1. The van der Waals surface area contributed by atoms with Crippen molar-refractivity contribution >= 4 is 34.1 Å². The van der Waals surface area contributed by atoms with E-state index in [0.29, 0.717) is 5.03 Å². The first-order valence-electron chi connectivity index (χ1n) is 7.28. The number of rotatable bonds is 4. The Bertz CT molecular complexity index is 846. The average molecular weight is 324 g/mol. The van der Waals surface area contributed by atoms with Gasteiger partial charge in [-0.3, -0.25) is 4.79 Å². The summed E-state index contributed by atoms with van der Waals surface area (Å²) >= 11 is 1.24. The average Bonchev–Trinajstić information content (AvgIpc) is 2.57. The lowest BCUT2D eigenvalue weighted by molar-refractivity contribution is -0.645. The summed E-state index contributed by atoms with van der Waals surface area (Å²) in [6, 6.07) is 18.9. The minimum absolute atomic E-state index is 0.129. The molecule has 0 unspecified atom stereocenters. The Labute approximate surface area is 138 Å². The Morgan fingerprint density at radius 3 is 2.65 bits per heavy atom. The van der Waals surface area contributed by atoms with Gasteiger partial charge in [0.25, 0.3) is 5.03 Å². The third-order valence-corrected chi connectivity index (χ3v) is 4.63. The highest BCUT2D eigenvalue weighted by Gasteiger charge is 2.19. The molecule has 2 aromatic carbocycles. The molecule has 5 heteroatoms. The van der Waals surface area contributed by atoms with E-state index >= 15 is 0 Å². The van der Waals surface area contributed by atoms with Crippen LogP contribution in [0.25, 0.3) is 10.8 Å². The molecule has 0 saturated heterocycles. The lowest BCUT2D eigenvalue weighted by atomic mass is 10.1. The van der Waals surface area contributed by atoms with Gasteiger partial charge in [0.2, 0.25) is 5.91 Å². The maximum Gasteiger partial charge on any atom is 0.252 e. The Hall–Kier alpha value is -2.53. The molecule has 0 saturated carbocycles. The van der Waals surface area contributed by atoms with Crippen molar-refractivity contribution in [3.63, 3.8) is 0 Å². The van der Waals surface area contributed by atoms with Crippen molar-refractivity contribution in [2.45, 2.75) is 17.2 Å². The molecular formula is C18H16N2O2S. The molecule has 1 aromatic heterocycles. The number of carbonyl (C=O) groups is 1. The van der Waals surface area contributed by atoms with Crippen LogP contribution in [0.15, 0.2) is 71.9 Å². The quantitative estimate of drug-likeness (QED) is 0.453. The van der Waals surface area contributed by atoms with Crippen molar-refractivity contribution in [3.05, 3.63) is 72.1 Å². The monoisotopic (exact) mass is 324 g/mol. The second kappa shape index (κ2) is 6.71. The van der Waals surface area contributed by atoms with Crippen LogP contribution >= 0.6 is 11.8 Å². The fourth-order valence-electron chi connectivity index (χ4n) is 2.31. The molecule has 0 radical (unpaired) electrons. The molecular weight excluding hydrogens is 308 g/mol. The standard InChI is InChI=1S/C18H16N2O2S/c1-13(23-17-11-4-5-12-20(17)22)18(21)19-16-10-6-8-14-7-2-3-9-15(14)16/h2-13H,1H3,(H,19,21)/t13-/m1/s1. The molecule has 0 aliphatic rings. The number of carbonyl (C=O) groups excluding carboxylic acids is 1. The molecule has 0 aliphatic heterocycles. The van der Waals surface area contributed by atoms with Gasteiger partial charge in [-0.15, -0.1) is 0 Å². The first-order valence-corrected chi connectivity index (χ1v) is 8.16. The number of hydrogen-bond donors (Lipinski definition) is 1. The zero-order valence-corrected chi connectivity index (χ0v) is 13.4. The molecule has 3 aromatic rings. The fraction of sp³-hybridized carbons (Fsp3) is 0.111. The van der Waals surface area contributed by atoms with E-state index in [4.69, 9.17) is 0 Å². The van der Waals surface area contributed by atoms with Crippen LogP contribution in [-0.4, -0.2) is 11.2 Å². The normalized spacial score (nSPS) is 12.0. The lowest BCUT2D eigenvalue weighted by Gasteiger charge is -2.13. The summed E-state index contributed by atoms with van der Waals surface area (Å²) in [4.78, 5) is 12.4. The minimum atomic E-state index is -0.378. The summed E-state index contributed by atoms with van der Waals surface area (Å²) in [5.74, 6) is -0.129. The first-order chi connectivity index (χ1) is 11.1. The smallest absolute Gasteiger partial charge is 0.252 e. The van der Waals surface area contributed by atoms with Crippen LogP contribution in [0.2, 0.25) is 0 Å². The van der Waals surface area contributed by atoms with Crippen LogP contribution in [0.3, 0.4) is 0 Å². The molecule has 0 bridgehead atoms. The van der Waals surface area contributed by atoms with Crippen LogP contribution in [0, 0.1) is 5.21 Å². The predicted octanol–water partition coefficient (Wildman–Crippen LogP) is 3.59. The summed E-state index contributed by atoms with van der Waals surface area (Å²) < 4.78 is 0.770. The summed E-state index contributed by atoms with van der Waals surface area (Å²) in [5, 5.41) is 16.8. The summed E-state index contributed by atoms with van der Waals surface area (Å²) in [6.45, 7) is 1.79. The number of pyridine rings is 1. The van der Waals surface area contributed by atoms with Gasteiger partial charge in [-0.25, -0.2) is 0 Å². The topological polar surface area (TPSA) is 56.0 Å². The number of thioether (sulfide) groups is 1. The predicted molar refractivity (Wildman–Crippen MR) is 93.3 cm³/mol. The second-order valence-corrected chi connectivity index (χ2v) is 6.50. The van der Waals surface area contributed by atoms with Crippen molar-refractivity contribution < 1.29 is 9.52 Å². The van der Waals surface area contributed by atoms with E-state index in [9.17, 15) is 10.0 Å². The molecule has 1 heterocycles. The number of amides is 1. The van der Waals surface area contributed by atoms with Gasteiger partial charge in [-0.1, -0.05) is 36.4 Å². The van der Waals surface area contributed by atoms with Crippen molar-refractivity contribution in [3.8, 4) is 0 Å². The van der Waals surface area contributed by atoms with Crippen molar-refractivity contribution in [2.75, 3.05) is 5.32 Å². The van der Waals surface area contributed by atoms with E-state index < -0.39 is 0 Å². The van der Waals surface area contributed by atoms with E-state index in [1.165, 1.54) is 18.0 Å². The highest BCUT2D eigenvalue weighted by molar-refractivity contribution is 8.00. The zero-order valence-electron chi connectivity index (χ0n) is 12.6. The van der Waals surface area contributed by atoms with Gasteiger partial charge in [-0.2, -0.15) is 4.73 Å². The molecule has 4 nitrogen and oxygen atoms in total. The van der Waals surface area contributed by atoms with E-state index in [2.05, 4.69) is 5.32 Å². The third-order valence-electron chi connectivity index (χ3n) is 3.50. The lowest BCUT2D eigenvalue weighted by Crippen LogP contribution is -2.30. The summed E-state index contributed by atoms with van der Waals surface area (Å²) in [5.41, 5.74) is 0.781. The number of hydrogen-bond acceptors (Lipinski definition) is 3. The SMILES string of the molecule is C[C@@H](Sc1cccc[n+]1[O-])C(=O)Nc1cccc2ccccc12. The largest absolute Gasteiger partial charge is 0.618 e. The molecule has 0 spiro atoms. The Kier molecular flexibility index (Phi) is 4.48. The zero-order chi connectivity index (χ0) is 16.2. The van der Waals surface area contributed by atoms with E-state index in [0.717, 1.165) is 21.2 Å². The maximum atomic E-state index is 12.4. The van der Waals surface area contributed by atoms with Gasteiger partial charge in [0.15, 0.2) is 6.20 Å². The highest BCUT2D eigenvalue weighted by atomic mass is 32.2. The molecule has 0 fully saturated rings. The van der Waals surface area contributed by atoms with Crippen molar-refractivity contribution in [1.82, 2.24) is 0 Å². The molecule has 0 aliphatic carbocycles. The molecule has 1 atom stereocenters. The highest BCUT2D eigenvalue weighted by Crippen LogP contribution is 2.25. The summed E-state index contributed by atoms with van der Waals surface area (Å²) in [6.07, 6.45) is 1.43. The van der Waals surface area contributed by atoms with Crippen LogP contribution in [0.1, 0.15) is 6.92 Å². The molecule has 23 heavy (non-hydrogen) atoms. The number of benzene rings is 2. The van der Waals surface area contributed by atoms with Gasteiger partial charge in [0.1, 0.15) is 0 Å². The first kappa shape index (κ1) is 15.4. The van der Waals surface area contributed by atoms with Crippen LogP contribution < -0.4 is 10.0 Å². The van der Waals surface area contributed by atoms with E-state index in [1.807, 2.05) is 42.5 Å². The van der Waals surface area contributed by atoms with Crippen LogP contribution in [-0.2, 0) is 4.79 Å². The number of nitrogens with one attached hydrogen (secondary N) is 1. The van der Waals surface area contributed by atoms with Crippen LogP contribution in [0.5, 0.6) is 0 Å². The second-order valence-electron chi connectivity index (χ2n) is 5.14. The van der Waals surface area contributed by atoms with Gasteiger partial charge in [0.05, 0.1) is 5.25 Å². The van der Waals surface area contributed by atoms with E-state index in [1.54, 1.807) is 25.1 Å². The van der Waals surface area contributed by atoms with Gasteiger partial charge in [-0.05, 0) is 36.2 Å². The molecule has 1 N–H and O–H groups in total. The number of anilines is 1. The van der Waals surface area contributed by atoms with E-state index in [-0.39, 0.29) is 11.2 Å². The Balaban J connectivity index is 1.77. The van der Waals surface area contributed by atoms with Gasteiger partial charge >= 0.3 is 0 Å². The molecule has 116 valence electrons. The van der Waals surface area contributed by atoms with Crippen LogP contribution in [0.4, 0.5) is 5.69 Å². The molecule has 1 amide bonds. The molecule has 3 rings (SSSR count). The van der Waals surface area contributed by atoms with Gasteiger partial charge in [0, 0.05) is 23.2 Å². The number of aromatic nitrogens is 1. The fourth-order valence-corrected chi connectivity index (χ4v) is 3.16.